The highest BCUT2D eigenvalue weighted by atomic mass is 19.4. The number of alkyl halides is 3. The van der Waals surface area contributed by atoms with Gasteiger partial charge in [0.2, 0.25) is 0 Å². The minimum absolute atomic E-state index is 0.0390. The summed E-state index contributed by atoms with van der Waals surface area (Å²) in [5, 5.41) is 2.70. The molecule has 1 heterocycles. The van der Waals surface area contributed by atoms with E-state index in [-0.39, 0.29) is 17.3 Å². The molecule has 1 amide bonds. The van der Waals surface area contributed by atoms with Crippen molar-refractivity contribution in [3.05, 3.63) is 23.4 Å². The van der Waals surface area contributed by atoms with E-state index in [1.54, 1.807) is 0 Å². The predicted octanol–water partition coefficient (Wildman–Crippen LogP) is 1.89. The Morgan fingerprint density at radius 1 is 1.50 bits per heavy atom. The summed E-state index contributed by atoms with van der Waals surface area (Å²) < 4.78 is 42.7. The van der Waals surface area contributed by atoms with E-state index in [1.165, 1.54) is 7.11 Å². The van der Waals surface area contributed by atoms with Crippen LogP contribution in [0.5, 0.6) is 0 Å². The Labute approximate surface area is 114 Å². The molecule has 0 radical (unpaired) electrons. The summed E-state index contributed by atoms with van der Waals surface area (Å²) in [5.41, 5.74) is 3.95. The first kappa shape index (κ1) is 16.2. The van der Waals surface area contributed by atoms with Gasteiger partial charge in [-0.3, -0.25) is 4.79 Å². The number of hydrogen-bond donors (Lipinski definition) is 2. The highest BCUT2D eigenvalue weighted by Gasteiger charge is 2.33. The number of nitrogens with zero attached hydrogens (tertiary/aromatic N) is 1. The van der Waals surface area contributed by atoms with Gasteiger partial charge in [0, 0.05) is 13.7 Å². The molecule has 0 aliphatic heterocycles. The summed E-state index contributed by atoms with van der Waals surface area (Å²) in [7, 11) is 1.52. The number of carbonyl (C=O) groups is 1. The molecule has 5 nitrogen and oxygen atoms in total. The fraction of sp³-hybridized carbons (Fsp3) is 0.500. The van der Waals surface area contributed by atoms with E-state index < -0.39 is 17.8 Å². The molecule has 1 rings (SSSR count). The van der Waals surface area contributed by atoms with Crippen molar-refractivity contribution in [3.63, 3.8) is 0 Å². The SMILES string of the molecule is COCC(C)CNc1nc(C(F)(F)F)ccc1C(N)=O. The molecule has 1 unspecified atom stereocenters. The molecule has 0 aliphatic rings. The third kappa shape index (κ3) is 4.37. The van der Waals surface area contributed by atoms with Crippen LogP contribution in [0.1, 0.15) is 23.0 Å². The van der Waals surface area contributed by atoms with Gasteiger partial charge >= 0.3 is 6.18 Å². The lowest BCUT2D eigenvalue weighted by Gasteiger charge is -2.15. The summed E-state index contributed by atoms with van der Waals surface area (Å²) in [5.74, 6) is -0.972. The molecule has 1 atom stereocenters. The van der Waals surface area contributed by atoms with Crippen LogP contribution in [0, 0.1) is 5.92 Å². The Morgan fingerprint density at radius 2 is 2.15 bits per heavy atom. The van der Waals surface area contributed by atoms with Crippen molar-refractivity contribution in [2.45, 2.75) is 13.1 Å². The second-order valence-corrected chi connectivity index (χ2v) is 4.40. The van der Waals surface area contributed by atoms with Gasteiger partial charge in [-0.25, -0.2) is 4.98 Å². The lowest BCUT2D eigenvalue weighted by Crippen LogP contribution is -2.22. The van der Waals surface area contributed by atoms with Crippen molar-refractivity contribution in [1.29, 1.82) is 0 Å². The van der Waals surface area contributed by atoms with E-state index in [9.17, 15) is 18.0 Å². The Morgan fingerprint density at radius 3 is 2.65 bits per heavy atom. The minimum atomic E-state index is -4.58. The molecule has 3 N–H and O–H groups in total. The van der Waals surface area contributed by atoms with Gasteiger partial charge in [-0.1, -0.05) is 6.92 Å². The van der Waals surface area contributed by atoms with Crippen molar-refractivity contribution >= 4 is 11.7 Å². The number of anilines is 1. The largest absolute Gasteiger partial charge is 0.433 e. The van der Waals surface area contributed by atoms with Gasteiger partial charge in [-0.15, -0.1) is 0 Å². The molecular weight excluding hydrogens is 275 g/mol. The average molecular weight is 291 g/mol. The molecule has 1 aromatic heterocycles. The minimum Gasteiger partial charge on any atom is -0.384 e. The molecule has 0 saturated carbocycles. The molecule has 0 aromatic carbocycles. The second-order valence-electron chi connectivity index (χ2n) is 4.40. The molecule has 0 bridgehead atoms. The van der Waals surface area contributed by atoms with E-state index in [4.69, 9.17) is 10.5 Å². The first-order valence-electron chi connectivity index (χ1n) is 5.86. The van der Waals surface area contributed by atoms with Crippen LogP contribution in [0.25, 0.3) is 0 Å². The summed E-state index contributed by atoms with van der Waals surface area (Å²) in [6, 6.07) is 1.74. The van der Waals surface area contributed by atoms with Crippen LogP contribution < -0.4 is 11.1 Å². The molecule has 0 saturated heterocycles. The second kappa shape index (κ2) is 6.56. The highest BCUT2D eigenvalue weighted by Crippen LogP contribution is 2.29. The van der Waals surface area contributed by atoms with Crippen LogP contribution in [0.4, 0.5) is 19.0 Å². The number of nitrogens with two attached hydrogens (primary N) is 1. The first-order valence-corrected chi connectivity index (χ1v) is 5.86. The van der Waals surface area contributed by atoms with Crippen molar-refractivity contribution < 1.29 is 22.7 Å². The summed E-state index contributed by atoms with van der Waals surface area (Å²) in [6.07, 6.45) is -4.58. The van der Waals surface area contributed by atoms with Crippen molar-refractivity contribution in [3.8, 4) is 0 Å². The zero-order valence-corrected chi connectivity index (χ0v) is 11.1. The number of rotatable bonds is 6. The van der Waals surface area contributed by atoms with Gasteiger partial charge in [0.05, 0.1) is 12.2 Å². The lowest BCUT2D eigenvalue weighted by atomic mass is 10.1. The first-order chi connectivity index (χ1) is 9.25. The average Bonchev–Trinajstić information content (AvgIpc) is 2.35. The van der Waals surface area contributed by atoms with Crippen molar-refractivity contribution in [2.24, 2.45) is 11.7 Å². The fourth-order valence-electron chi connectivity index (χ4n) is 1.56. The monoisotopic (exact) mass is 291 g/mol. The molecule has 112 valence electrons. The van der Waals surface area contributed by atoms with Gasteiger partial charge in [0.25, 0.3) is 5.91 Å². The van der Waals surface area contributed by atoms with Crippen LogP contribution in [0.3, 0.4) is 0 Å². The molecule has 8 heteroatoms. The van der Waals surface area contributed by atoms with Gasteiger partial charge < -0.3 is 15.8 Å². The quantitative estimate of drug-likeness (QED) is 0.839. The number of pyridine rings is 1. The maximum atomic E-state index is 12.6. The Kier molecular flexibility index (Phi) is 5.32. The number of aromatic nitrogens is 1. The summed E-state index contributed by atoms with van der Waals surface area (Å²) >= 11 is 0. The van der Waals surface area contributed by atoms with Crippen LogP contribution in [-0.4, -0.2) is 31.2 Å². The fourth-order valence-corrected chi connectivity index (χ4v) is 1.56. The Hall–Kier alpha value is -1.83. The predicted molar refractivity (Wildman–Crippen MR) is 67.3 cm³/mol. The van der Waals surface area contributed by atoms with Gasteiger partial charge in [-0.2, -0.15) is 13.2 Å². The van der Waals surface area contributed by atoms with Gasteiger partial charge in [0.15, 0.2) is 0 Å². The lowest BCUT2D eigenvalue weighted by molar-refractivity contribution is -0.141. The number of halogens is 3. The van der Waals surface area contributed by atoms with Gasteiger partial charge in [0.1, 0.15) is 11.5 Å². The van der Waals surface area contributed by atoms with E-state index in [0.717, 1.165) is 12.1 Å². The van der Waals surface area contributed by atoms with Crippen molar-refractivity contribution in [2.75, 3.05) is 25.6 Å². The maximum absolute atomic E-state index is 12.6. The smallest absolute Gasteiger partial charge is 0.384 e. The van der Waals surface area contributed by atoms with Crippen LogP contribution in [0.2, 0.25) is 0 Å². The summed E-state index contributed by atoms with van der Waals surface area (Å²) in [4.78, 5) is 14.6. The van der Waals surface area contributed by atoms with Crippen LogP contribution in [0.15, 0.2) is 12.1 Å². The molecule has 1 aromatic rings. The zero-order chi connectivity index (χ0) is 15.3. The van der Waals surface area contributed by atoms with Crippen LogP contribution in [-0.2, 0) is 10.9 Å². The number of ether oxygens (including phenoxy) is 1. The number of carbonyl (C=O) groups excluding carboxylic acids is 1. The zero-order valence-electron chi connectivity index (χ0n) is 11.1. The highest BCUT2D eigenvalue weighted by molar-refractivity contribution is 5.97. The van der Waals surface area contributed by atoms with Crippen LogP contribution >= 0.6 is 0 Å². The Bertz CT molecular complexity index is 478. The maximum Gasteiger partial charge on any atom is 0.433 e. The standard InChI is InChI=1S/C12H16F3N3O2/c1-7(6-20-2)5-17-11-8(10(16)19)3-4-9(18-11)12(13,14)15/h3-4,7H,5-6H2,1-2H3,(H2,16,19)(H,17,18). The van der Waals surface area contributed by atoms with E-state index in [0.29, 0.717) is 13.2 Å². The number of amides is 1. The topological polar surface area (TPSA) is 77.2 Å². The number of hydrogen-bond acceptors (Lipinski definition) is 4. The molecular formula is C12H16F3N3O2. The summed E-state index contributed by atoms with van der Waals surface area (Å²) in [6.45, 7) is 2.58. The van der Waals surface area contributed by atoms with E-state index >= 15 is 0 Å². The number of primary amides is 1. The Balaban J connectivity index is 2.98. The number of methoxy groups -OCH3 is 1. The van der Waals surface area contributed by atoms with E-state index in [1.807, 2.05) is 6.92 Å². The molecule has 20 heavy (non-hydrogen) atoms. The number of nitrogens with one attached hydrogen (secondary N) is 1. The van der Waals surface area contributed by atoms with E-state index in [2.05, 4.69) is 10.3 Å². The van der Waals surface area contributed by atoms with Gasteiger partial charge in [-0.05, 0) is 18.1 Å². The molecule has 0 fully saturated rings. The molecule has 0 aliphatic carbocycles. The van der Waals surface area contributed by atoms with Crippen molar-refractivity contribution in [1.82, 2.24) is 4.98 Å². The molecule has 0 spiro atoms. The third-order valence-corrected chi connectivity index (χ3v) is 2.52. The normalized spacial score (nSPS) is 13.1. The third-order valence-electron chi connectivity index (χ3n) is 2.52.